The van der Waals surface area contributed by atoms with E-state index in [-0.39, 0.29) is 0 Å². The summed E-state index contributed by atoms with van der Waals surface area (Å²) in [4.78, 5) is 2.02. The number of unbranched alkanes of at least 4 members (excludes halogenated alkanes) is 1. The fourth-order valence-electron chi connectivity index (χ4n) is 0.809. The summed E-state index contributed by atoms with van der Waals surface area (Å²) >= 11 is 0. The Kier molecular flexibility index (Phi) is 5.35. The highest BCUT2D eigenvalue weighted by Crippen LogP contribution is 2.00. The van der Waals surface area contributed by atoms with Crippen molar-refractivity contribution in [2.75, 3.05) is 13.6 Å². The van der Waals surface area contributed by atoms with Gasteiger partial charge in [0.1, 0.15) is 0 Å². The van der Waals surface area contributed by atoms with Gasteiger partial charge in [-0.05, 0) is 12.6 Å². The van der Waals surface area contributed by atoms with Gasteiger partial charge in [0.2, 0.25) is 0 Å². The Bertz CT molecular complexity index is 130. The lowest BCUT2D eigenvalue weighted by Gasteiger charge is -2.21. The van der Waals surface area contributed by atoms with E-state index in [0.717, 1.165) is 12.4 Å². The molecule has 0 rings (SSSR count). The first-order chi connectivity index (χ1) is 5.26. The largest absolute Gasteiger partial charge is 0.375 e. The molecule has 0 radical (unpaired) electrons. The van der Waals surface area contributed by atoms with Crippen molar-refractivity contribution in [2.24, 2.45) is 0 Å². The molecule has 0 aromatic carbocycles. The lowest BCUT2D eigenvalue weighted by atomic mass is 10.3. The molecule has 11 heavy (non-hydrogen) atoms. The molecule has 0 bridgehead atoms. The Hall–Kier alpha value is -0.920. The van der Waals surface area contributed by atoms with Crippen LogP contribution in [0.25, 0.3) is 0 Å². The molecule has 0 aromatic heterocycles. The lowest BCUT2D eigenvalue weighted by molar-refractivity contribution is 0.426. The molecule has 0 heterocycles. The number of nitrogens with one attached hydrogen (secondary N) is 1. The summed E-state index contributed by atoms with van der Waals surface area (Å²) in [6, 6.07) is 0. The van der Waals surface area contributed by atoms with E-state index >= 15 is 0 Å². The second kappa shape index (κ2) is 5.83. The van der Waals surface area contributed by atoms with Gasteiger partial charge >= 0.3 is 0 Å². The molecule has 0 aliphatic rings. The summed E-state index contributed by atoms with van der Waals surface area (Å²) in [5, 5.41) is 2.99. The SMILES string of the molecule is C=CN(CCCC)C(=C)NC. The third-order valence-electron chi connectivity index (χ3n) is 1.61. The molecule has 0 amide bonds. The Balaban J connectivity index is 3.74. The highest BCUT2D eigenvalue weighted by atomic mass is 15.2. The van der Waals surface area contributed by atoms with E-state index in [0.29, 0.717) is 0 Å². The van der Waals surface area contributed by atoms with Gasteiger partial charge in [0.15, 0.2) is 0 Å². The van der Waals surface area contributed by atoms with E-state index in [2.05, 4.69) is 25.4 Å². The van der Waals surface area contributed by atoms with Crippen LogP contribution in [0.2, 0.25) is 0 Å². The number of nitrogens with zero attached hydrogens (tertiary/aromatic N) is 1. The first-order valence-electron chi connectivity index (χ1n) is 4.02. The van der Waals surface area contributed by atoms with Crippen LogP contribution in [-0.4, -0.2) is 18.5 Å². The van der Waals surface area contributed by atoms with E-state index in [1.807, 2.05) is 11.9 Å². The average Bonchev–Trinajstić information content (AvgIpc) is 2.05. The number of rotatable bonds is 6. The van der Waals surface area contributed by atoms with Gasteiger partial charge in [-0.25, -0.2) is 0 Å². The molecule has 0 atom stereocenters. The number of hydrogen-bond acceptors (Lipinski definition) is 2. The Labute approximate surface area is 69.6 Å². The molecule has 0 saturated carbocycles. The van der Waals surface area contributed by atoms with Crippen molar-refractivity contribution < 1.29 is 0 Å². The summed E-state index contributed by atoms with van der Waals surface area (Å²) in [6.07, 6.45) is 4.17. The van der Waals surface area contributed by atoms with Crippen LogP contribution in [0.15, 0.2) is 25.2 Å². The zero-order valence-electron chi connectivity index (χ0n) is 7.56. The van der Waals surface area contributed by atoms with Crippen molar-refractivity contribution in [3.05, 3.63) is 25.2 Å². The first-order valence-corrected chi connectivity index (χ1v) is 4.02. The number of hydrogen-bond donors (Lipinski definition) is 1. The molecular weight excluding hydrogens is 136 g/mol. The van der Waals surface area contributed by atoms with Gasteiger partial charge in [-0.1, -0.05) is 26.5 Å². The predicted molar refractivity (Wildman–Crippen MR) is 50.0 cm³/mol. The minimum atomic E-state index is 0.911. The quantitative estimate of drug-likeness (QED) is 0.629. The zero-order chi connectivity index (χ0) is 8.69. The fourth-order valence-corrected chi connectivity index (χ4v) is 0.809. The summed E-state index contributed by atoms with van der Waals surface area (Å²) in [6.45, 7) is 10.7. The third kappa shape index (κ3) is 3.71. The van der Waals surface area contributed by atoms with E-state index < -0.39 is 0 Å². The van der Waals surface area contributed by atoms with Crippen LogP contribution in [0.1, 0.15) is 19.8 Å². The molecule has 0 spiro atoms. The van der Waals surface area contributed by atoms with Crippen molar-refractivity contribution in [3.63, 3.8) is 0 Å². The van der Waals surface area contributed by atoms with Gasteiger partial charge in [-0.15, -0.1) is 0 Å². The van der Waals surface area contributed by atoms with Crippen molar-refractivity contribution in [1.29, 1.82) is 0 Å². The standard InChI is InChI=1S/C9H18N2/c1-5-7-8-11(6-2)9(3)10-4/h6,10H,2-3,5,7-8H2,1,4H3. The van der Waals surface area contributed by atoms with Crippen LogP contribution in [-0.2, 0) is 0 Å². The molecule has 0 unspecified atom stereocenters. The van der Waals surface area contributed by atoms with Crippen LogP contribution in [0.4, 0.5) is 0 Å². The monoisotopic (exact) mass is 154 g/mol. The Morgan fingerprint density at radius 2 is 2.27 bits per heavy atom. The minimum Gasteiger partial charge on any atom is -0.375 e. The van der Waals surface area contributed by atoms with Crippen LogP contribution in [0.3, 0.4) is 0 Å². The highest BCUT2D eigenvalue weighted by Gasteiger charge is 1.98. The average molecular weight is 154 g/mol. The molecule has 0 aliphatic heterocycles. The summed E-state index contributed by atoms with van der Waals surface area (Å²) < 4.78 is 0. The topological polar surface area (TPSA) is 15.3 Å². The molecule has 0 aliphatic carbocycles. The van der Waals surface area contributed by atoms with Crippen LogP contribution < -0.4 is 5.32 Å². The highest BCUT2D eigenvalue weighted by molar-refractivity contribution is 4.94. The molecule has 0 aromatic rings. The van der Waals surface area contributed by atoms with Crippen molar-refractivity contribution >= 4 is 0 Å². The van der Waals surface area contributed by atoms with Crippen LogP contribution in [0.5, 0.6) is 0 Å². The maximum Gasteiger partial charge on any atom is 0.0976 e. The van der Waals surface area contributed by atoms with Gasteiger partial charge in [-0.2, -0.15) is 0 Å². The smallest absolute Gasteiger partial charge is 0.0976 e. The van der Waals surface area contributed by atoms with Gasteiger partial charge in [0, 0.05) is 13.6 Å². The molecule has 0 fully saturated rings. The zero-order valence-corrected chi connectivity index (χ0v) is 7.56. The molecule has 2 nitrogen and oxygen atoms in total. The second-order valence-electron chi connectivity index (χ2n) is 2.43. The van der Waals surface area contributed by atoms with Gasteiger partial charge in [-0.3, -0.25) is 0 Å². The third-order valence-corrected chi connectivity index (χ3v) is 1.61. The van der Waals surface area contributed by atoms with E-state index in [9.17, 15) is 0 Å². The Morgan fingerprint density at radius 1 is 1.64 bits per heavy atom. The first kappa shape index (κ1) is 10.1. The Morgan fingerprint density at radius 3 is 2.64 bits per heavy atom. The molecule has 1 N–H and O–H groups in total. The molecule has 64 valence electrons. The predicted octanol–water partition coefficient (Wildman–Crippen LogP) is 1.92. The van der Waals surface area contributed by atoms with Crippen LogP contribution in [0, 0.1) is 0 Å². The fraction of sp³-hybridized carbons (Fsp3) is 0.556. The summed E-state index contributed by atoms with van der Waals surface area (Å²) in [5.41, 5.74) is 0. The lowest BCUT2D eigenvalue weighted by Crippen LogP contribution is -2.24. The summed E-state index contributed by atoms with van der Waals surface area (Å²) in [5.74, 6) is 0.911. The van der Waals surface area contributed by atoms with E-state index in [1.54, 1.807) is 6.20 Å². The van der Waals surface area contributed by atoms with Crippen molar-refractivity contribution in [1.82, 2.24) is 10.2 Å². The van der Waals surface area contributed by atoms with Gasteiger partial charge < -0.3 is 10.2 Å². The van der Waals surface area contributed by atoms with Crippen molar-refractivity contribution in [3.8, 4) is 0 Å². The van der Waals surface area contributed by atoms with E-state index in [4.69, 9.17) is 0 Å². The maximum atomic E-state index is 3.84. The minimum absolute atomic E-state index is 0.911. The van der Waals surface area contributed by atoms with Gasteiger partial charge in [0.25, 0.3) is 0 Å². The normalized spacial score (nSPS) is 8.91. The maximum absolute atomic E-state index is 3.84. The van der Waals surface area contributed by atoms with E-state index in [1.165, 1.54) is 12.8 Å². The molecular formula is C9H18N2. The summed E-state index contributed by atoms with van der Waals surface area (Å²) in [7, 11) is 1.87. The molecule has 0 saturated heterocycles. The van der Waals surface area contributed by atoms with Crippen LogP contribution >= 0.6 is 0 Å². The van der Waals surface area contributed by atoms with Gasteiger partial charge in [0.05, 0.1) is 5.82 Å². The second-order valence-corrected chi connectivity index (χ2v) is 2.43. The van der Waals surface area contributed by atoms with Crippen molar-refractivity contribution in [2.45, 2.75) is 19.8 Å². The molecule has 2 heteroatoms.